The first-order valence-corrected chi connectivity index (χ1v) is 7.13. The van der Waals surface area contributed by atoms with Crippen LogP contribution in [0.25, 0.3) is 0 Å². The second-order valence-corrected chi connectivity index (χ2v) is 5.72. The summed E-state index contributed by atoms with van der Waals surface area (Å²) >= 11 is 6.04. The lowest BCUT2D eigenvalue weighted by atomic mass is 9.97. The lowest BCUT2D eigenvalue weighted by Gasteiger charge is -2.24. The number of anilines is 1. The van der Waals surface area contributed by atoms with Crippen LogP contribution >= 0.6 is 11.6 Å². The van der Waals surface area contributed by atoms with E-state index in [-0.39, 0.29) is 0 Å². The van der Waals surface area contributed by atoms with Crippen LogP contribution in [0.2, 0.25) is 5.02 Å². The number of hydrogen-bond acceptors (Lipinski definition) is 3. The molecular formula is C17H15ClN2O. The smallest absolute Gasteiger partial charge is 0.141 e. The zero-order chi connectivity index (χ0) is 14.9. The standard InChI is InChI=1S/C17H15ClN2O/c1-21-16-5-3-2-4-15(16)20-17(11-19)9-12-6-7-14(18)8-13(12)10-17/h2-8,20H,9-10H2,1H3. The van der Waals surface area contributed by atoms with E-state index < -0.39 is 5.54 Å². The van der Waals surface area contributed by atoms with Crippen LogP contribution in [0, 0.1) is 11.3 Å². The van der Waals surface area contributed by atoms with Gasteiger partial charge >= 0.3 is 0 Å². The number of ether oxygens (including phenoxy) is 1. The zero-order valence-corrected chi connectivity index (χ0v) is 12.4. The van der Waals surface area contributed by atoms with E-state index in [2.05, 4.69) is 11.4 Å². The van der Waals surface area contributed by atoms with E-state index in [9.17, 15) is 5.26 Å². The van der Waals surface area contributed by atoms with Gasteiger partial charge in [0.1, 0.15) is 11.3 Å². The van der Waals surface area contributed by atoms with Crippen molar-refractivity contribution in [2.24, 2.45) is 0 Å². The number of halogens is 1. The number of rotatable bonds is 3. The van der Waals surface area contributed by atoms with Gasteiger partial charge in [-0.25, -0.2) is 0 Å². The fraction of sp³-hybridized carbons (Fsp3) is 0.235. The van der Waals surface area contributed by atoms with Gasteiger partial charge in [-0.3, -0.25) is 0 Å². The molecule has 2 aromatic carbocycles. The molecular weight excluding hydrogens is 284 g/mol. The number of para-hydroxylation sites is 2. The Morgan fingerprint density at radius 1 is 1.19 bits per heavy atom. The topological polar surface area (TPSA) is 45.0 Å². The highest BCUT2D eigenvalue weighted by Gasteiger charge is 2.38. The Bertz CT molecular complexity index is 723. The summed E-state index contributed by atoms with van der Waals surface area (Å²) in [7, 11) is 1.63. The van der Waals surface area contributed by atoms with E-state index in [0.29, 0.717) is 17.9 Å². The molecule has 0 saturated heterocycles. The Balaban J connectivity index is 1.92. The van der Waals surface area contributed by atoms with E-state index >= 15 is 0 Å². The summed E-state index contributed by atoms with van der Waals surface area (Å²) < 4.78 is 5.35. The Morgan fingerprint density at radius 2 is 1.95 bits per heavy atom. The average molecular weight is 299 g/mol. The molecule has 0 radical (unpaired) electrons. The third-order valence-electron chi connectivity index (χ3n) is 3.85. The van der Waals surface area contributed by atoms with Crippen molar-refractivity contribution in [1.82, 2.24) is 0 Å². The van der Waals surface area contributed by atoms with Gasteiger partial charge in [-0.05, 0) is 35.4 Å². The fourth-order valence-corrected chi connectivity index (χ4v) is 3.04. The first-order valence-electron chi connectivity index (χ1n) is 6.75. The predicted molar refractivity (Wildman–Crippen MR) is 83.8 cm³/mol. The molecule has 3 rings (SSSR count). The molecule has 0 bridgehead atoms. The van der Waals surface area contributed by atoms with Crippen LogP contribution in [0.15, 0.2) is 42.5 Å². The summed E-state index contributed by atoms with van der Waals surface area (Å²) in [5.41, 5.74) is 2.48. The predicted octanol–water partition coefficient (Wildman–Crippen LogP) is 3.82. The van der Waals surface area contributed by atoms with Crippen molar-refractivity contribution in [2.75, 3.05) is 12.4 Å². The molecule has 1 N–H and O–H groups in total. The highest BCUT2D eigenvalue weighted by molar-refractivity contribution is 6.30. The van der Waals surface area contributed by atoms with Gasteiger partial charge in [0.05, 0.1) is 18.9 Å². The first-order chi connectivity index (χ1) is 10.2. The number of benzene rings is 2. The van der Waals surface area contributed by atoms with Gasteiger partial charge in [0, 0.05) is 17.9 Å². The number of nitrogens with one attached hydrogen (secondary N) is 1. The van der Waals surface area contributed by atoms with E-state index in [1.807, 2.05) is 42.5 Å². The van der Waals surface area contributed by atoms with Crippen LogP contribution in [-0.4, -0.2) is 12.6 Å². The van der Waals surface area contributed by atoms with E-state index in [1.54, 1.807) is 7.11 Å². The Morgan fingerprint density at radius 3 is 2.71 bits per heavy atom. The summed E-state index contributed by atoms with van der Waals surface area (Å²) in [6.45, 7) is 0. The summed E-state index contributed by atoms with van der Waals surface area (Å²) in [6.07, 6.45) is 1.30. The minimum atomic E-state index is -0.651. The van der Waals surface area contributed by atoms with Crippen molar-refractivity contribution in [1.29, 1.82) is 5.26 Å². The number of nitriles is 1. The van der Waals surface area contributed by atoms with Crippen molar-refractivity contribution in [3.05, 3.63) is 58.6 Å². The quantitative estimate of drug-likeness (QED) is 0.937. The molecule has 0 fully saturated rings. The SMILES string of the molecule is COc1ccccc1NC1(C#N)Cc2ccc(Cl)cc2C1. The lowest BCUT2D eigenvalue weighted by molar-refractivity contribution is 0.415. The summed E-state index contributed by atoms with van der Waals surface area (Å²) in [6, 6.07) is 15.9. The number of hydrogen-bond donors (Lipinski definition) is 1. The van der Waals surface area contributed by atoms with Gasteiger partial charge < -0.3 is 10.1 Å². The highest BCUT2D eigenvalue weighted by Crippen LogP contribution is 2.36. The third-order valence-corrected chi connectivity index (χ3v) is 4.08. The molecule has 3 nitrogen and oxygen atoms in total. The molecule has 0 amide bonds. The van der Waals surface area contributed by atoms with Crippen LogP contribution < -0.4 is 10.1 Å². The normalized spacial score (nSPS) is 19.7. The molecule has 0 aromatic heterocycles. The molecule has 1 aliphatic carbocycles. The van der Waals surface area contributed by atoms with E-state index in [0.717, 1.165) is 17.0 Å². The second-order valence-electron chi connectivity index (χ2n) is 5.29. The lowest BCUT2D eigenvalue weighted by Crippen LogP contribution is -2.37. The Kier molecular flexibility index (Phi) is 3.48. The monoisotopic (exact) mass is 298 g/mol. The number of methoxy groups -OCH3 is 1. The minimum Gasteiger partial charge on any atom is -0.495 e. The number of fused-ring (bicyclic) bond motifs is 1. The van der Waals surface area contributed by atoms with Crippen LogP contribution in [0.1, 0.15) is 11.1 Å². The molecule has 2 aromatic rings. The van der Waals surface area contributed by atoms with Crippen molar-refractivity contribution < 1.29 is 4.74 Å². The van der Waals surface area contributed by atoms with Gasteiger partial charge in [0.15, 0.2) is 0 Å². The number of nitrogens with zero attached hydrogens (tertiary/aromatic N) is 1. The summed E-state index contributed by atoms with van der Waals surface area (Å²) in [5.74, 6) is 0.737. The van der Waals surface area contributed by atoms with Gasteiger partial charge in [0.2, 0.25) is 0 Å². The van der Waals surface area contributed by atoms with E-state index in [4.69, 9.17) is 16.3 Å². The maximum absolute atomic E-state index is 9.70. The van der Waals surface area contributed by atoms with E-state index in [1.165, 1.54) is 5.56 Å². The summed E-state index contributed by atoms with van der Waals surface area (Å²) in [5, 5.41) is 13.8. The molecule has 4 heteroatoms. The van der Waals surface area contributed by atoms with Crippen molar-refractivity contribution in [3.8, 4) is 11.8 Å². The largest absolute Gasteiger partial charge is 0.495 e. The molecule has 106 valence electrons. The summed E-state index contributed by atoms with van der Waals surface area (Å²) in [4.78, 5) is 0. The van der Waals surface area contributed by atoms with Gasteiger partial charge in [-0.2, -0.15) is 5.26 Å². The van der Waals surface area contributed by atoms with Crippen LogP contribution in [-0.2, 0) is 12.8 Å². The highest BCUT2D eigenvalue weighted by atomic mass is 35.5. The first kappa shape index (κ1) is 13.8. The zero-order valence-electron chi connectivity index (χ0n) is 11.7. The Labute approximate surface area is 129 Å². The molecule has 0 heterocycles. The second kappa shape index (κ2) is 5.31. The molecule has 1 aliphatic rings. The van der Waals surface area contributed by atoms with Gasteiger partial charge in [-0.1, -0.05) is 29.8 Å². The molecule has 1 atom stereocenters. The van der Waals surface area contributed by atoms with Gasteiger partial charge in [0.25, 0.3) is 0 Å². The maximum atomic E-state index is 9.70. The van der Waals surface area contributed by atoms with Gasteiger partial charge in [-0.15, -0.1) is 0 Å². The maximum Gasteiger partial charge on any atom is 0.141 e. The fourth-order valence-electron chi connectivity index (χ4n) is 2.85. The van der Waals surface area contributed by atoms with Crippen molar-refractivity contribution >= 4 is 17.3 Å². The minimum absolute atomic E-state index is 0.636. The molecule has 0 spiro atoms. The molecule has 0 aliphatic heterocycles. The third kappa shape index (κ3) is 2.55. The van der Waals surface area contributed by atoms with Crippen LogP contribution in [0.3, 0.4) is 0 Å². The van der Waals surface area contributed by atoms with Crippen molar-refractivity contribution in [3.63, 3.8) is 0 Å². The molecule has 0 saturated carbocycles. The Hall–Kier alpha value is -2.18. The van der Waals surface area contributed by atoms with Crippen LogP contribution in [0.5, 0.6) is 5.75 Å². The van der Waals surface area contributed by atoms with Crippen molar-refractivity contribution in [2.45, 2.75) is 18.4 Å². The molecule has 1 unspecified atom stereocenters. The average Bonchev–Trinajstić information content (AvgIpc) is 2.85. The molecule has 21 heavy (non-hydrogen) atoms. The van der Waals surface area contributed by atoms with Crippen LogP contribution in [0.4, 0.5) is 5.69 Å².